The SMILES string of the molecule is C=[N+]1NC(c2cc(C([O-])=NCc3ccc(F)c(C(F)(F)F)c3)c[nH]2)=C2C=CC=NC21. The van der Waals surface area contributed by atoms with Gasteiger partial charge in [0.15, 0.2) is 6.72 Å². The molecule has 0 spiro atoms. The number of alkyl halides is 3. The summed E-state index contributed by atoms with van der Waals surface area (Å²) in [6.45, 7) is 3.56. The summed E-state index contributed by atoms with van der Waals surface area (Å²) in [6, 6.07) is 4.11. The van der Waals surface area contributed by atoms with Gasteiger partial charge in [0.1, 0.15) is 11.5 Å². The van der Waals surface area contributed by atoms with E-state index in [2.05, 4.69) is 27.1 Å². The highest BCUT2D eigenvalue weighted by molar-refractivity contribution is 5.92. The summed E-state index contributed by atoms with van der Waals surface area (Å²) in [4.78, 5) is 11.1. The van der Waals surface area contributed by atoms with Gasteiger partial charge in [-0.3, -0.25) is 4.99 Å². The van der Waals surface area contributed by atoms with E-state index < -0.39 is 23.5 Å². The Balaban J connectivity index is 1.55. The fourth-order valence-corrected chi connectivity index (χ4v) is 3.19. The first kappa shape index (κ1) is 19.6. The van der Waals surface area contributed by atoms with E-state index in [1.807, 2.05) is 6.08 Å². The number of aliphatic imine (C=N–C) groups is 2. The standard InChI is InChI=1S/C20H15F4N5O/c1-29-18-13(3-2-6-25-18)17(28-29)16-8-12(10-26-16)19(30)27-9-11-4-5-15(21)14(7-11)20(22,23)24/h2-8,10,18H,1,9H2,(H2-,25,26,27,28,30). The minimum atomic E-state index is -4.82. The van der Waals surface area contributed by atoms with E-state index in [-0.39, 0.29) is 23.8 Å². The zero-order valence-electron chi connectivity index (χ0n) is 15.4. The minimum absolute atomic E-state index is 0.0796. The van der Waals surface area contributed by atoms with Crippen LogP contribution in [-0.2, 0) is 12.7 Å². The molecule has 0 fully saturated rings. The van der Waals surface area contributed by atoms with Crippen molar-refractivity contribution >= 4 is 24.5 Å². The summed E-state index contributed by atoms with van der Waals surface area (Å²) < 4.78 is 53.4. The Morgan fingerprint density at radius 3 is 2.87 bits per heavy atom. The molecule has 0 saturated heterocycles. The Hall–Kier alpha value is -3.69. The van der Waals surface area contributed by atoms with Crippen LogP contribution in [0.1, 0.15) is 22.4 Å². The van der Waals surface area contributed by atoms with Crippen LogP contribution in [0.2, 0.25) is 0 Å². The van der Waals surface area contributed by atoms with Crippen LogP contribution < -0.4 is 10.5 Å². The lowest BCUT2D eigenvalue weighted by Gasteiger charge is -2.11. The summed E-state index contributed by atoms with van der Waals surface area (Å²) in [5, 5.41) is 12.4. The number of aromatic amines is 1. The highest BCUT2D eigenvalue weighted by atomic mass is 19.4. The number of nitrogens with zero attached hydrogens (tertiary/aromatic N) is 3. The number of H-pyrrole nitrogens is 1. The van der Waals surface area contributed by atoms with Gasteiger partial charge in [-0.1, -0.05) is 10.8 Å². The van der Waals surface area contributed by atoms with Gasteiger partial charge < -0.3 is 10.1 Å². The molecule has 0 amide bonds. The first-order chi connectivity index (χ1) is 14.2. The van der Waals surface area contributed by atoms with Crippen LogP contribution in [0.25, 0.3) is 5.70 Å². The molecule has 0 bridgehead atoms. The lowest BCUT2D eigenvalue weighted by Crippen LogP contribution is -2.27. The molecule has 0 aliphatic carbocycles. The van der Waals surface area contributed by atoms with Crippen LogP contribution in [0, 0.1) is 5.82 Å². The fraction of sp³-hybridized carbons (Fsp3) is 0.150. The lowest BCUT2D eigenvalue weighted by atomic mass is 10.1. The molecule has 3 heterocycles. The molecule has 0 radical (unpaired) electrons. The molecule has 1 aromatic carbocycles. The number of aromatic nitrogens is 1. The van der Waals surface area contributed by atoms with E-state index in [9.17, 15) is 22.7 Å². The number of rotatable bonds is 4. The van der Waals surface area contributed by atoms with Crippen LogP contribution in [0.5, 0.6) is 0 Å². The Morgan fingerprint density at radius 2 is 2.10 bits per heavy atom. The number of dihydropyridines is 1. The molecule has 1 atom stereocenters. The van der Waals surface area contributed by atoms with E-state index in [1.54, 1.807) is 23.0 Å². The molecule has 2 aliphatic heterocycles. The topological polar surface area (TPSA) is 78.6 Å². The summed E-state index contributed by atoms with van der Waals surface area (Å²) in [5.74, 6) is -1.98. The molecule has 2 N–H and O–H groups in total. The molecule has 2 aromatic rings. The Morgan fingerprint density at radius 1 is 1.30 bits per heavy atom. The number of hydrazine groups is 1. The van der Waals surface area contributed by atoms with Crippen molar-refractivity contribution in [3.63, 3.8) is 0 Å². The van der Waals surface area contributed by atoms with Crippen LogP contribution in [0.4, 0.5) is 17.6 Å². The van der Waals surface area contributed by atoms with E-state index in [0.717, 1.165) is 11.6 Å². The van der Waals surface area contributed by atoms with Gasteiger partial charge in [0.2, 0.25) is 0 Å². The summed E-state index contributed by atoms with van der Waals surface area (Å²) in [6.07, 6.45) is 1.69. The molecule has 2 aliphatic rings. The molecule has 4 rings (SSSR count). The number of allylic oxidation sites excluding steroid dienone is 1. The maximum atomic E-state index is 13.4. The van der Waals surface area contributed by atoms with Gasteiger partial charge >= 0.3 is 12.3 Å². The predicted molar refractivity (Wildman–Crippen MR) is 101 cm³/mol. The zero-order chi connectivity index (χ0) is 21.5. The van der Waals surface area contributed by atoms with Crippen molar-refractivity contribution in [3.05, 3.63) is 76.4 Å². The smallest absolute Gasteiger partial charge is 0.419 e. The van der Waals surface area contributed by atoms with Gasteiger partial charge in [0, 0.05) is 18.0 Å². The van der Waals surface area contributed by atoms with Crippen LogP contribution in [0.15, 0.2) is 58.2 Å². The lowest BCUT2D eigenvalue weighted by molar-refractivity contribution is -0.582. The Kier molecular flexibility index (Phi) is 4.76. The number of nitrogens with one attached hydrogen (secondary N) is 2. The predicted octanol–water partition coefficient (Wildman–Crippen LogP) is 2.39. The van der Waals surface area contributed by atoms with Gasteiger partial charge in [0.05, 0.1) is 23.4 Å². The number of hydrazone groups is 1. The van der Waals surface area contributed by atoms with E-state index >= 15 is 0 Å². The molecule has 1 aromatic heterocycles. The van der Waals surface area contributed by atoms with E-state index in [4.69, 9.17) is 0 Å². The number of benzene rings is 1. The number of halogens is 4. The molecular weight excluding hydrogens is 402 g/mol. The van der Waals surface area contributed by atoms with Crippen LogP contribution >= 0.6 is 0 Å². The quantitative estimate of drug-likeness (QED) is 0.347. The monoisotopic (exact) mass is 417 g/mol. The summed E-state index contributed by atoms with van der Waals surface area (Å²) in [5.41, 5.74) is 4.19. The highest BCUT2D eigenvalue weighted by Gasteiger charge is 2.36. The van der Waals surface area contributed by atoms with Crippen molar-refractivity contribution in [2.24, 2.45) is 9.98 Å². The molecule has 0 saturated carbocycles. The molecule has 30 heavy (non-hydrogen) atoms. The third-order valence-corrected chi connectivity index (χ3v) is 4.65. The Labute approximate surface area is 168 Å². The summed E-state index contributed by atoms with van der Waals surface area (Å²) in [7, 11) is 0. The van der Waals surface area contributed by atoms with Crippen molar-refractivity contribution in [2.45, 2.75) is 18.9 Å². The van der Waals surface area contributed by atoms with Crippen LogP contribution in [-0.4, -0.2) is 34.7 Å². The number of hydrogen-bond donors (Lipinski definition) is 2. The van der Waals surface area contributed by atoms with Crippen molar-refractivity contribution < 1.29 is 27.4 Å². The highest BCUT2D eigenvalue weighted by Crippen LogP contribution is 2.32. The zero-order valence-corrected chi connectivity index (χ0v) is 15.4. The third kappa shape index (κ3) is 3.63. The summed E-state index contributed by atoms with van der Waals surface area (Å²) >= 11 is 0. The van der Waals surface area contributed by atoms with Gasteiger partial charge in [-0.05, 0) is 41.8 Å². The number of fused-ring (bicyclic) bond motifs is 1. The van der Waals surface area contributed by atoms with E-state index in [0.29, 0.717) is 23.5 Å². The van der Waals surface area contributed by atoms with Gasteiger partial charge in [-0.15, -0.1) is 0 Å². The minimum Gasteiger partial charge on any atom is -0.858 e. The van der Waals surface area contributed by atoms with Crippen LogP contribution in [0.3, 0.4) is 0 Å². The average molecular weight is 417 g/mol. The van der Waals surface area contributed by atoms with Crippen molar-refractivity contribution in [3.8, 4) is 0 Å². The van der Waals surface area contributed by atoms with Crippen molar-refractivity contribution in [1.82, 2.24) is 10.4 Å². The fourth-order valence-electron chi connectivity index (χ4n) is 3.19. The Bertz CT molecular complexity index is 1140. The second-order valence-corrected chi connectivity index (χ2v) is 6.68. The maximum Gasteiger partial charge on any atom is 0.419 e. The second kappa shape index (κ2) is 7.29. The second-order valence-electron chi connectivity index (χ2n) is 6.68. The molecule has 154 valence electrons. The van der Waals surface area contributed by atoms with Gasteiger partial charge in [0.25, 0.3) is 0 Å². The third-order valence-electron chi connectivity index (χ3n) is 4.65. The van der Waals surface area contributed by atoms with Gasteiger partial charge in [-0.25, -0.2) is 9.38 Å². The van der Waals surface area contributed by atoms with Crippen molar-refractivity contribution in [2.75, 3.05) is 0 Å². The molecule has 6 nitrogen and oxygen atoms in total. The average Bonchev–Trinajstić information content (AvgIpc) is 3.32. The largest absolute Gasteiger partial charge is 0.858 e. The first-order valence-corrected chi connectivity index (χ1v) is 8.80. The maximum absolute atomic E-state index is 13.4. The van der Waals surface area contributed by atoms with Crippen molar-refractivity contribution in [1.29, 1.82) is 0 Å². The van der Waals surface area contributed by atoms with E-state index in [1.165, 1.54) is 6.20 Å². The normalized spacial score (nSPS) is 18.7. The first-order valence-electron chi connectivity index (χ1n) is 8.80. The molecular formula is C20H15F4N5O. The molecule has 1 unspecified atom stereocenters. The number of hydrogen-bond acceptors (Lipinski definition) is 4. The van der Waals surface area contributed by atoms with Gasteiger partial charge in [-0.2, -0.15) is 18.6 Å². The molecule has 10 heteroatoms.